The van der Waals surface area contributed by atoms with Crippen molar-refractivity contribution in [3.8, 4) is 0 Å². The number of rotatable bonds is 5. The number of alkyl halides is 4. The Hall–Kier alpha value is -0.100. The predicted molar refractivity (Wildman–Crippen MR) is 86.5 cm³/mol. The Morgan fingerprint density at radius 2 is 1.33 bits per heavy atom. The van der Waals surface area contributed by atoms with E-state index in [4.69, 9.17) is 69.6 Å². The van der Waals surface area contributed by atoms with Crippen molar-refractivity contribution >= 4 is 81.4 Å². The van der Waals surface area contributed by atoms with E-state index in [-0.39, 0.29) is 5.02 Å². The molecule has 1 aromatic carbocycles. The molecule has 0 radical (unpaired) electrons. The normalized spacial score (nSPS) is 11.1. The van der Waals surface area contributed by atoms with E-state index in [9.17, 15) is 9.59 Å². The van der Waals surface area contributed by atoms with Gasteiger partial charge in [-0.3, -0.25) is 9.59 Å². The van der Waals surface area contributed by atoms with Crippen molar-refractivity contribution < 1.29 is 9.59 Å². The predicted octanol–water partition coefficient (Wildman–Crippen LogP) is 3.83. The average molecular weight is 413 g/mol. The standard InChI is InChI=1S/C11H8Cl6N2O2/c12-5-2-1-4(3-6(5)13)9(18-10(20)7(14)15)19-11(21)8(16)17/h1-3,7-9H,(H,18,20)(H,19,21). The number of amides is 2. The third-order valence-corrected chi connectivity index (χ3v) is 3.78. The lowest BCUT2D eigenvalue weighted by atomic mass is 10.1. The first kappa shape index (κ1) is 18.9. The van der Waals surface area contributed by atoms with Gasteiger partial charge in [0.15, 0.2) is 9.67 Å². The molecule has 2 N–H and O–H groups in total. The van der Waals surface area contributed by atoms with E-state index >= 15 is 0 Å². The van der Waals surface area contributed by atoms with E-state index in [1.807, 2.05) is 0 Å². The van der Waals surface area contributed by atoms with Gasteiger partial charge < -0.3 is 10.6 Å². The summed E-state index contributed by atoms with van der Waals surface area (Å²) >= 11 is 33.5. The maximum Gasteiger partial charge on any atom is 0.255 e. The molecule has 0 aliphatic carbocycles. The monoisotopic (exact) mass is 410 g/mol. The van der Waals surface area contributed by atoms with Gasteiger partial charge in [0.25, 0.3) is 11.8 Å². The minimum atomic E-state index is -1.31. The van der Waals surface area contributed by atoms with E-state index in [2.05, 4.69) is 10.6 Å². The van der Waals surface area contributed by atoms with Gasteiger partial charge in [-0.2, -0.15) is 0 Å². The van der Waals surface area contributed by atoms with Crippen LogP contribution in [0, 0.1) is 0 Å². The fourth-order valence-corrected chi connectivity index (χ4v) is 1.86. The van der Waals surface area contributed by atoms with Crippen LogP contribution in [0.1, 0.15) is 11.7 Å². The van der Waals surface area contributed by atoms with Gasteiger partial charge in [0, 0.05) is 0 Å². The highest BCUT2D eigenvalue weighted by molar-refractivity contribution is 6.54. The maximum absolute atomic E-state index is 11.6. The molecule has 0 unspecified atom stereocenters. The first-order valence-electron chi connectivity index (χ1n) is 5.34. The van der Waals surface area contributed by atoms with E-state index in [1.54, 1.807) is 6.07 Å². The molecule has 0 aliphatic heterocycles. The second-order valence-corrected chi connectivity index (χ2v) is 6.73. The molecule has 0 bridgehead atoms. The number of hydrogen-bond donors (Lipinski definition) is 2. The van der Waals surface area contributed by atoms with Gasteiger partial charge in [0.1, 0.15) is 6.17 Å². The number of carbonyl (C=O) groups is 2. The van der Waals surface area contributed by atoms with Crippen LogP contribution >= 0.6 is 69.6 Å². The molecule has 0 aliphatic rings. The Balaban J connectivity index is 3.02. The van der Waals surface area contributed by atoms with Gasteiger partial charge in [-0.05, 0) is 17.7 Å². The summed E-state index contributed by atoms with van der Waals surface area (Å²) in [6.07, 6.45) is -0.972. The van der Waals surface area contributed by atoms with E-state index in [1.165, 1.54) is 12.1 Å². The largest absolute Gasteiger partial charge is 0.330 e. The molecule has 0 fully saturated rings. The topological polar surface area (TPSA) is 58.2 Å². The SMILES string of the molecule is O=C(NC(NC(=O)C(Cl)Cl)c1ccc(Cl)c(Cl)c1)C(Cl)Cl. The average Bonchev–Trinajstić information content (AvgIpc) is 2.40. The summed E-state index contributed by atoms with van der Waals surface area (Å²) in [5, 5.41) is 5.38. The van der Waals surface area contributed by atoms with Crippen LogP contribution in [0.15, 0.2) is 18.2 Å². The minimum Gasteiger partial charge on any atom is -0.330 e. The molecule has 116 valence electrons. The van der Waals surface area contributed by atoms with Crippen molar-refractivity contribution in [2.45, 2.75) is 15.8 Å². The number of halogens is 6. The molecule has 0 saturated heterocycles. The fourth-order valence-electron chi connectivity index (χ4n) is 1.31. The highest BCUT2D eigenvalue weighted by Gasteiger charge is 2.23. The van der Waals surface area contributed by atoms with Gasteiger partial charge >= 0.3 is 0 Å². The van der Waals surface area contributed by atoms with Crippen molar-refractivity contribution in [1.82, 2.24) is 10.6 Å². The van der Waals surface area contributed by atoms with Crippen LogP contribution in [0.2, 0.25) is 10.0 Å². The van der Waals surface area contributed by atoms with E-state index in [0.29, 0.717) is 10.6 Å². The highest BCUT2D eigenvalue weighted by Crippen LogP contribution is 2.25. The van der Waals surface area contributed by atoms with Gasteiger partial charge in [-0.25, -0.2) is 0 Å². The van der Waals surface area contributed by atoms with Crippen LogP contribution in [-0.2, 0) is 9.59 Å². The molecular weight excluding hydrogens is 405 g/mol. The van der Waals surface area contributed by atoms with E-state index < -0.39 is 27.7 Å². The molecule has 0 spiro atoms. The van der Waals surface area contributed by atoms with Crippen LogP contribution < -0.4 is 10.6 Å². The third kappa shape index (κ3) is 5.89. The Bertz CT molecular complexity index is 515. The molecule has 0 heterocycles. The summed E-state index contributed by atoms with van der Waals surface area (Å²) in [7, 11) is 0. The Kier molecular flexibility index (Phi) is 7.68. The lowest BCUT2D eigenvalue weighted by Crippen LogP contribution is -2.44. The molecule has 10 heteroatoms. The summed E-state index contributed by atoms with van der Waals surface area (Å²) in [6.45, 7) is 0. The molecular formula is C11H8Cl6N2O2. The Morgan fingerprint density at radius 1 is 0.857 bits per heavy atom. The Morgan fingerprint density at radius 3 is 1.71 bits per heavy atom. The zero-order valence-electron chi connectivity index (χ0n) is 10.0. The smallest absolute Gasteiger partial charge is 0.255 e. The van der Waals surface area contributed by atoms with Crippen LogP contribution in [0.5, 0.6) is 0 Å². The summed E-state index contributed by atoms with van der Waals surface area (Å²) < 4.78 is 0. The van der Waals surface area contributed by atoms with Gasteiger partial charge in [-0.1, -0.05) is 75.7 Å². The number of hydrogen-bond acceptors (Lipinski definition) is 2. The molecule has 1 rings (SSSR count). The summed E-state index contributed by atoms with van der Waals surface area (Å²) in [4.78, 5) is 20.5. The third-order valence-electron chi connectivity index (χ3n) is 2.25. The first-order valence-corrected chi connectivity index (χ1v) is 7.84. The quantitative estimate of drug-likeness (QED) is 0.570. The van der Waals surface area contributed by atoms with Gasteiger partial charge in [-0.15, -0.1) is 0 Å². The Labute approximate surface area is 150 Å². The molecule has 0 aromatic heterocycles. The second-order valence-electron chi connectivity index (χ2n) is 3.73. The lowest BCUT2D eigenvalue weighted by Gasteiger charge is -2.21. The summed E-state index contributed by atoms with van der Waals surface area (Å²) in [6, 6.07) is 4.51. The number of nitrogens with one attached hydrogen (secondary N) is 2. The van der Waals surface area contributed by atoms with E-state index in [0.717, 1.165) is 0 Å². The molecule has 1 aromatic rings. The molecule has 21 heavy (non-hydrogen) atoms. The highest BCUT2D eigenvalue weighted by atomic mass is 35.5. The van der Waals surface area contributed by atoms with Crippen LogP contribution in [0.3, 0.4) is 0 Å². The number of carbonyl (C=O) groups excluding carboxylic acids is 2. The van der Waals surface area contributed by atoms with Crippen molar-refractivity contribution in [1.29, 1.82) is 0 Å². The van der Waals surface area contributed by atoms with Crippen LogP contribution in [0.4, 0.5) is 0 Å². The molecule has 4 nitrogen and oxygen atoms in total. The molecule has 0 saturated carbocycles. The summed E-state index contributed by atoms with van der Waals surface area (Å²) in [5.41, 5.74) is 0.439. The summed E-state index contributed by atoms with van der Waals surface area (Å²) in [5.74, 6) is -1.43. The maximum atomic E-state index is 11.6. The lowest BCUT2D eigenvalue weighted by molar-refractivity contribution is -0.122. The van der Waals surface area contributed by atoms with Crippen molar-refractivity contribution in [3.05, 3.63) is 33.8 Å². The van der Waals surface area contributed by atoms with Gasteiger partial charge in [0.05, 0.1) is 10.0 Å². The first-order chi connectivity index (χ1) is 9.72. The fraction of sp³-hybridized carbons (Fsp3) is 0.273. The van der Waals surface area contributed by atoms with Crippen LogP contribution in [0.25, 0.3) is 0 Å². The number of benzene rings is 1. The van der Waals surface area contributed by atoms with Crippen molar-refractivity contribution in [2.24, 2.45) is 0 Å². The van der Waals surface area contributed by atoms with Crippen LogP contribution in [-0.4, -0.2) is 21.5 Å². The zero-order chi connectivity index (χ0) is 16.2. The molecule has 2 amide bonds. The van der Waals surface area contributed by atoms with Crippen molar-refractivity contribution in [3.63, 3.8) is 0 Å². The van der Waals surface area contributed by atoms with Crippen molar-refractivity contribution in [2.75, 3.05) is 0 Å². The molecule has 0 atom stereocenters. The zero-order valence-corrected chi connectivity index (χ0v) is 14.6. The second kappa shape index (κ2) is 8.51. The minimum absolute atomic E-state index is 0.240. The van der Waals surface area contributed by atoms with Gasteiger partial charge in [0.2, 0.25) is 0 Å².